The minimum atomic E-state index is 0.160. The number of hydrogen-bond acceptors (Lipinski definition) is 2. The Bertz CT molecular complexity index is 584. The number of hydrogen-bond donors (Lipinski definition) is 2. The van der Waals surface area contributed by atoms with Gasteiger partial charge in [0.05, 0.1) is 12.6 Å². The SMILES string of the molecule is COCCNC(=S)N[C@H](C)c1ccc(-c2ccccc2)cc1. The van der Waals surface area contributed by atoms with Gasteiger partial charge in [0, 0.05) is 13.7 Å². The van der Waals surface area contributed by atoms with Crippen molar-refractivity contribution in [1.29, 1.82) is 0 Å². The number of rotatable bonds is 6. The van der Waals surface area contributed by atoms with Gasteiger partial charge in [-0.25, -0.2) is 0 Å². The Kier molecular flexibility index (Phi) is 6.37. The van der Waals surface area contributed by atoms with Crippen LogP contribution in [0.5, 0.6) is 0 Å². The molecule has 0 aliphatic carbocycles. The van der Waals surface area contributed by atoms with Crippen LogP contribution in [-0.2, 0) is 4.74 Å². The number of methoxy groups -OCH3 is 1. The van der Waals surface area contributed by atoms with Crippen molar-refractivity contribution in [3.63, 3.8) is 0 Å². The second kappa shape index (κ2) is 8.51. The van der Waals surface area contributed by atoms with Gasteiger partial charge in [0.25, 0.3) is 0 Å². The standard InChI is InChI=1S/C18H22N2OS/c1-14(20-18(22)19-12-13-21-2)15-8-10-17(11-9-15)16-6-4-3-5-7-16/h3-11,14H,12-13H2,1-2H3,(H2,19,20,22)/t14-/m1/s1. The van der Waals surface area contributed by atoms with E-state index < -0.39 is 0 Å². The summed E-state index contributed by atoms with van der Waals surface area (Å²) < 4.78 is 4.99. The normalized spacial score (nSPS) is 11.7. The maximum absolute atomic E-state index is 5.27. The van der Waals surface area contributed by atoms with E-state index in [4.69, 9.17) is 17.0 Å². The molecule has 4 heteroatoms. The highest BCUT2D eigenvalue weighted by Crippen LogP contribution is 2.21. The first kappa shape index (κ1) is 16.5. The molecule has 0 saturated heterocycles. The summed E-state index contributed by atoms with van der Waals surface area (Å²) in [6, 6.07) is 19.1. The van der Waals surface area contributed by atoms with E-state index in [1.807, 2.05) is 6.07 Å². The van der Waals surface area contributed by atoms with Crippen LogP contribution in [0.25, 0.3) is 11.1 Å². The molecular formula is C18H22N2OS. The van der Waals surface area contributed by atoms with Crippen LogP contribution < -0.4 is 10.6 Å². The molecule has 0 heterocycles. The lowest BCUT2D eigenvalue weighted by Gasteiger charge is -2.17. The molecule has 0 bridgehead atoms. The molecule has 0 saturated carbocycles. The molecule has 0 aromatic heterocycles. The van der Waals surface area contributed by atoms with Gasteiger partial charge in [-0.1, -0.05) is 54.6 Å². The Morgan fingerprint density at radius 2 is 1.68 bits per heavy atom. The highest BCUT2D eigenvalue weighted by molar-refractivity contribution is 7.80. The topological polar surface area (TPSA) is 33.3 Å². The predicted molar refractivity (Wildman–Crippen MR) is 95.9 cm³/mol. The Balaban J connectivity index is 1.94. The van der Waals surface area contributed by atoms with Gasteiger partial charge in [0.15, 0.2) is 5.11 Å². The molecule has 0 fully saturated rings. The van der Waals surface area contributed by atoms with Gasteiger partial charge in [-0.2, -0.15) is 0 Å². The minimum Gasteiger partial charge on any atom is -0.383 e. The first-order valence-electron chi connectivity index (χ1n) is 7.39. The summed E-state index contributed by atoms with van der Waals surface area (Å²) in [5.74, 6) is 0. The van der Waals surface area contributed by atoms with Crippen molar-refractivity contribution >= 4 is 17.3 Å². The Morgan fingerprint density at radius 1 is 1.05 bits per heavy atom. The van der Waals surface area contributed by atoms with Gasteiger partial charge >= 0.3 is 0 Å². The lowest BCUT2D eigenvalue weighted by Crippen LogP contribution is -2.38. The van der Waals surface area contributed by atoms with Crippen LogP contribution in [0, 0.1) is 0 Å². The number of thiocarbonyl (C=S) groups is 1. The Morgan fingerprint density at radius 3 is 2.32 bits per heavy atom. The number of nitrogens with one attached hydrogen (secondary N) is 2. The van der Waals surface area contributed by atoms with Crippen molar-refractivity contribution < 1.29 is 4.74 Å². The van der Waals surface area contributed by atoms with Crippen LogP contribution in [0.2, 0.25) is 0 Å². The maximum atomic E-state index is 5.27. The molecule has 0 aliphatic rings. The third kappa shape index (κ3) is 4.83. The molecule has 2 aromatic rings. The first-order valence-corrected chi connectivity index (χ1v) is 7.80. The van der Waals surface area contributed by atoms with E-state index in [1.54, 1.807) is 7.11 Å². The first-order chi connectivity index (χ1) is 10.7. The molecule has 1 atom stereocenters. The Labute approximate surface area is 137 Å². The zero-order chi connectivity index (χ0) is 15.8. The van der Waals surface area contributed by atoms with E-state index in [9.17, 15) is 0 Å². The zero-order valence-corrected chi connectivity index (χ0v) is 13.8. The third-order valence-corrected chi connectivity index (χ3v) is 3.72. The van der Waals surface area contributed by atoms with Crippen molar-refractivity contribution in [3.05, 3.63) is 60.2 Å². The number of benzene rings is 2. The quantitative estimate of drug-likeness (QED) is 0.631. The third-order valence-electron chi connectivity index (χ3n) is 3.46. The second-order valence-corrected chi connectivity index (χ2v) is 5.51. The average molecular weight is 314 g/mol. The smallest absolute Gasteiger partial charge is 0.166 e. The molecule has 2 rings (SSSR count). The summed E-state index contributed by atoms with van der Waals surface area (Å²) in [6.07, 6.45) is 0. The van der Waals surface area contributed by atoms with Crippen LogP contribution in [0.3, 0.4) is 0 Å². The highest BCUT2D eigenvalue weighted by Gasteiger charge is 2.07. The molecule has 0 spiro atoms. The van der Waals surface area contributed by atoms with Crippen LogP contribution in [0.1, 0.15) is 18.5 Å². The minimum absolute atomic E-state index is 0.160. The van der Waals surface area contributed by atoms with Crippen LogP contribution in [0.15, 0.2) is 54.6 Å². The van der Waals surface area contributed by atoms with Crippen LogP contribution in [-0.4, -0.2) is 25.4 Å². The van der Waals surface area contributed by atoms with Gasteiger partial charge in [0.2, 0.25) is 0 Å². The van der Waals surface area contributed by atoms with Gasteiger partial charge in [0.1, 0.15) is 0 Å². The fourth-order valence-corrected chi connectivity index (χ4v) is 2.47. The summed E-state index contributed by atoms with van der Waals surface area (Å²) in [5, 5.41) is 7.05. The van der Waals surface area contributed by atoms with Gasteiger partial charge < -0.3 is 15.4 Å². The van der Waals surface area contributed by atoms with Crippen LogP contribution >= 0.6 is 12.2 Å². The summed E-state index contributed by atoms with van der Waals surface area (Å²) in [6.45, 7) is 3.45. The molecule has 3 nitrogen and oxygen atoms in total. The summed E-state index contributed by atoms with van der Waals surface area (Å²) in [7, 11) is 1.68. The predicted octanol–water partition coefficient (Wildman–Crippen LogP) is 3.53. The van der Waals surface area contributed by atoms with E-state index in [0.717, 1.165) is 0 Å². The molecule has 22 heavy (non-hydrogen) atoms. The van der Waals surface area contributed by atoms with E-state index in [2.05, 4.69) is 66.1 Å². The van der Waals surface area contributed by atoms with Crippen molar-refractivity contribution in [1.82, 2.24) is 10.6 Å². The van der Waals surface area contributed by atoms with E-state index in [-0.39, 0.29) is 6.04 Å². The molecule has 116 valence electrons. The fraction of sp³-hybridized carbons (Fsp3) is 0.278. The maximum Gasteiger partial charge on any atom is 0.166 e. The zero-order valence-electron chi connectivity index (χ0n) is 13.0. The lowest BCUT2D eigenvalue weighted by molar-refractivity contribution is 0.204. The van der Waals surface area contributed by atoms with Crippen molar-refractivity contribution in [2.45, 2.75) is 13.0 Å². The average Bonchev–Trinajstić information content (AvgIpc) is 2.56. The summed E-state index contributed by atoms with van der Waals surface area (Å²) in [5.41, 5.74) is 3.65. The van der Waals surface area contributed by atoms with Crippen LogP contribution in [0.4, 0.5) is 0 Å². The van der Waals surface area contributed by atoms with Gasteiger partial charge in [-0.3, -0.25) is 0 Å². The lowest BCUT2D eigenvalue weighted by atomic mass is 10.0. The van der Waals surface area contributed by atoms with Gasteiger partial charge in [-0.15, -0.1) is 0 Å². The largest absolute Gasteiger partial charge is 0.383 e. The van der Waals surface area contributed by atoms with Crippen molar-refractivity contribution in [3.8, 4) is 11.1 Å². The fourth-order valence-electron chi connectivity index (χ4n) is 2.19. The summed E-state index contributed by atoms with van der Waals surface area (Å²) >= 11 is 5.27. The molecule has 0 unspecified atom stereocenters. The van der Waals surface area contributed by atoms with E-state index in [1.165, 1.54) is 16.7 Å². The van der Waals surface area contributed by atoms with Gasteiger partial charge in [-0.05, 0) is 35.8 Å². The van der Waals surface area contributed by atoms with E-state index >= 15 is 0 Å². The monoisotopic (exact) mass is 314 g/mol. The highest BCUT2D eigenvalue weighted by atomic mass is 32.1. The molecule has 0 aliphatic heterocycles. The molecule has 2 aromatic carbocycles. The molecule has 0 radical (unpaired) electrons. The second-order valence-electron chi connectivity index (χ2n) is 5.10. The molecular weight excluding hydrogens is 292 g/mol. The van der Waals surface area contributed by atoms with Crippen molar-refractivity contribution in [2.24, 2.45) is 0 Å². The molecule has 0 amide bonds. The van der Waals surface area contributed by atoms with E-state index in [0.29, 0.717) is 18.3 Å². The Hall–Kier alpha value is -1.91. The molecule has 2 N–H and O–H groups in total. The number of ether oxygens (including phenoxy) is 1. The summed E-state index contributed by atoms with van der Waals surface area (Å²) in [4.78, 5) is 0. The van der Waals surface area contributed by atoms with Crippen molar-refractivity contribution in [2.75, 3.05) is 20.3 Å².